The van der Waals surface area contributed by atoms with Gasteiger partial charge in [0, 0.05) is 18.3 Å². The first-order valence-corrected chi connectivity index (χ1v) is 8.83. The van der Waals surface area contributed by atoms with E-state index >= 15 is 0 Å². The second kappa shape index (κ2) is 7.23. The summed E-state index contributed by atoms with van der Waals surface area (Å²) >= 11 is 7.32. The van der Waals surface area contributed by atoms with E-state index in [9.17, 15) is 14.9 Å². The lowest BCUT2D eigenvalue weighted by molar-refractivity contribution is -0.384. The van der Waals surface area contributed by atoms with Gasteiger partial charge in [0.15, 0.2) is 5.13 Å². The fraction of sp³-hybridized carbons (Fsp3) is 0.111. The van der Waals surface area contributed by atoms with Crippen LogP contribution < -0.4 is 5.32 Å². The number of nitro benzene ring substituents is 1. The Balaban J connectivity index is 1.84. The highest BCUT2D eigenvalue weighted by molar-refractivity contribution is 7.19. The van der Waals surface area contributed by atoms with Gasteiger partial charge < -0.3 is 0 Å². The fourth-order valence-electron chi connectivity index (χ4n) is 2.51. The van der Waals surface area contributed by atoms with Gasteiger partial charge in [0.05, 0.1) is 20.4 Å². The van der Waals surface area contributed by atoms with Crippen LogP contribution >= 0.6 is 22.9 Å². The number of rotatable bonds is 4. The molecule has 26 heavy (non-hydrogen) atoms. The van der Waals surface area contributed by atoms with Gasteiger partial charge in [0.1, 0.15) is 0 Å². The Kier molecular flexibility index (Phi) is 5.01. The van der Waals surface area contributed by atoms with Crippen LogP contribution in [0.3, 0.4) is 0 Å². The normalized spacial score (nSPS) is 10.6. The molecule has 0 aliphatic carbocycles. The van der Waals surface area contributed by atoms with Gasteiger partial charge in [-0.05, 0) is 31.0 Å². The summed E-state index contributed by atoms with van der Waals surface area (Å²) in [6.45, 7) is 4.04. The van der Waals surface area contributed by atoms with E-state index in [0.717, 1.165) is 22.1 Å². The number of aromatic nitrogens is 1. The Morgan fingerprint density at radius 3 is 2.69 bits per heavy atom. The molecule has 1 aromatic heterocycles. The first kappa shape index (κ1) is 18.0. The molecule has 1 heterocycles. The monoisotopic (exact) mass is 387 g/mol. The number of nitrogens with one attached hydrogen (secondary N) is 1. The van der Waals surface area contributed by atoms with Gasteiger partial charge in [0.25, 0.3) is 11.6 Å². The molecule has 0 atom stereocenters. The Hall–Kier alpha value is -2.77. The van der Waals surface area contributed by atoms with E-state index in [1.807, 2.05) is 26.0 Å². The number of carbonyl (C=O) groups excluding carboxylic acids is 1. The van der Waals surface area contributed by atoms with E-state index in [1.165, 1.54) is 29.0 Å². The van der Waals surface area contributed by atoms with Gasteiger partial charge in [-0.1, -0.05) is 46.7 Å². The largest absolute Gasteiger partial charge is 0.298 e. The highest BCUT2D eigenvalue weighted by Gasteiger charge is 2.17. The van der Waals surface area contributed by atoms with Crippen molar-refractivity contribution in [2.75, 3.05) is 5.32 Å². The van der Waals surface area contributed by atoms with Crippen LogP contribution in [0.1, 0.15) is 21.5 Å². The lowest BCUT2D eigenvalue weighted by Crippen LogP contribution is -2.12. The summed E-state index contributed by atoms with van der Waals surface area (Å²) in [5.41, 5.74) is 3.17. The highest BCUT2D eigenvalue weighted by atomic mass is 35.5. The first-order chi connectivity index (χ1) is 12.3. The third-order valence-corrected chi connectivity index (χ3v) is 5.05. The van der Waals surface area contributed by atoms with Gasteiger partial charge in [-0.15, -0.1) is 0 Å². The summed E-state index contributed by atoms with van der Waals surface area (Å²) in [5.74, 6) is -0.541. The number of thiazole rings is 1. The van der Waals surface area contributed by atoms with Crippen LogP contribution in [0.25, 0.3) is 10.4 Å². The van der Waals surface area contributed by atoms with E-state index in [1.54, 1.807) is 6.20 Å². The number of nitro groups is 1. The van der Waals surface area contributed by atoms with Crippen LogP contribution in [-0.4, -0.2) is 15.8 Å². The number of amides is 1. The molecule has 0 spiro atoms. The first-order valence-electron chi connectivity index (χ1n) is 7.64. The Labute approximate surface area is 158 Å². The van der Waals surface area contributed by atoms with Gasteiger partial charge in [-0.25, -0.2) is 4.98 Å². The summed E-state index contributed by atoms with van der Waals surface area (Å²) in [6.07, 6.45) is 1.69. The molecular formula is C18H14ClN3O3S. The van der Waals surface area contributed by atoms with E-state index in [0.29, 0.717) is 5.13 Å². The molecule has 2 aromatic carbocycles. The van der Waals surface area contributed by atoms with Gasteiger partial charge >= 0.3 is 0 Å². The lowest BCUT2D eigenvalue weighted by Gasteiger charge is -2.05. The van der Waals surface area contributed by atoms with Crippen molar-refractivity contribution in [1.29, 1.82) is 0 Å². The molecule has 3 aromatic rings. The molecule has 1 N–H and O–H groups in total. The zero-order valence-electron chi connectivity index (χ0n) is 13.9. The smallest absolute Gasteiger partial charge is 0.270 e. The lowest BCUT2D eigenvalue weighted by atomic mass is 10.1. The SMILES string of the molecule is Cc1ccc(-c2cnc(NC(=O)c3cc([N+](=O)[O-])ccc3Cl)s2)c(C)c1. The molecule has 1 amide bonds. The molecule has 0 saturated carbocycles. The number of hydrogen-bond acceptors (Lipinski definition) is 5. The van der Waals surface area contributed by atoms with E-state index in [-0.39, 0.29) is 16.3 Å². The molecule has 8 heteroatoms. The molecule has 0 saturated heterocycles. The van der Waals surface area contributed by atoms with Gasteiger partial charge in [0.2, 0.25) is 0 Å². The van der Waals surface area contributed by atoms with E-state index in [4.69, 9.17) is 11.6 Å². The third kappa shape index (κ3) is 3.74. The minimum absolute atomic E-state index is 0.0316. The molecule has 0 fully saturated rings. The molecule has 0 radical (unpaired) electrons. The minimum Gasteiger partial charge on any atom is -0.298 e. The van der Waals surface area contributed by atoms with Crippen LogP contribution in [0.4, 0.5) is 10.8 Å². The quantitative estimate of drug-likeness (QED) is 0.490. The van der Waals surface area contributed by atoms with Crippen molar-refractivity contribution in [3.8, 4) is 10.4 Å². The van der Waals surface area contributed by atoms with E-state index < -0.39 is 10.8 Å². The summed E-state index contributed by atoms with van der Waals surface area (Å²) in [7, 11) is 0. The Bertz CT molecular complexity index is 1020. The standard InChI is InChI=1S/C18H14ClN3O3S/c1-10-3-5-13(11(2)7-10)16-9-20-18(26-16)21-17(23)14-8-12(22(24)25)4-6-15(14)19/h3-9H,1-2H3,(H,20,21,23). The maximum absolute atomic E-state index is 12.4. The predicted molar refractivity (Wildman–Crippen MR) is 103 cm³/mol. The topological polar surface area (TPSA) is 85.1 Å². The highest BCUT2D eigenvalue weighted by Crippen LogP contribution is 2.32. The Morgan fingerprint density at radius 2 is 2.00 bits per heavy atom. The maximum Gasteiger partial charge on any atom is 0.270 e. The number of carbonyl (C=O) groups is 1. The molecule has 0 aliphatic rings. The van der Waals surface area contributed by atoms with E-state index in [2.05, 4.69) is 16.4 Å². The number of non-ortho nitro benzene ring substituents is 1. The third-order valence-electron chi connectivity index (χ3n) is 3.78. The minimum atomic E-state index is -0.575. The molecule has 0 unspecified atom stereocenters. The molecule has 6 nitrogen and oxygen atoms in total. The fourth-order valence-corrected chi connectivity index (χ4v) is 3.62. The van der Waals surface area contributed by atoms with Crippen molar-refractivity contribution < 1.29 is 9.72 Å². The zero-order valence-corrected chi connectivity index (χ0v) is 15.5. The second-order valence-electron chi connectivity index (χ2n) is 5.72. The second-order valence-corrected chi connectivity index (χ2v) is 7.16. The summed E-state index contributed by atoms with van der Waals surface area (Å²) < 4.78 is 0. The van der Waals surface area contributed by atoms with Crippen LogP contribution in [-0.2, 0) is 0 Å². The zero-order chi connectivity index (χ0) is 18.8. The molecule has 0 aliphatic heterocycles. The average molecular weight is 388 g/mol. The molecule has 3 rings (SSSR count). The number of benzene rings is 2. The number of aryl methyl sites for hydroxylation is 2. The summed E-state index contributed by atoms with van der Waals surface area (Å²) in [5, 5.41) is 14.1. The van der Waals surface area contributed by atoms with Crippen molar-refractivity contribution >= 4 is 39.7 Å². The summed E-state index contributed by atoms with van der Waals surface area (Å²) in [4.78, 5) is 27.9. The number of hydrogen-bond donors (Lipinski definition) is 1. The molecule has 132 valence electrons. The average Bonchev–Trinajstić information content (AvgIpc) is 3.03. The number of anilines is 1. The van der Waals surface area contributed by atoms with Crippen LogP contribution in [0.5, 0.6) is 0 Å². The number of halogens is 1. The van der Waals surface area contributed by atoms with Crippen molar-refractivity contribution in [1.82, 2.24) is 4.98 Å². The predicted octanol–water partition coefficient (Wildman–Crippen LogP) is 5.24. The van der Waals surface area contributed by atoms with Crippen LogP contribution in [0.2, 0.25) is 5.02 Å². The number of nitrogens with zero attached hydrogens (tertiary/aromatic N) is 2. The Morgan fingerprint density at radius 1 is 1.23 bits per heavy atom. The van der Waals surface area contributed by atoms with Gasteiger partial charge in [-0.3, -0.25) is 20.2 Å². The van der Waals surface area contributed by atoms with Crippen molar-refractivity contribution in [2.24, 2.45) is 0 Å². The maximum atomic E-state index is 12.4. The van der Waals surface area contributed by atoms with Crippen molar-refractivity contribution in [2.45, 2.75) is 13.8 Å². The molecular weight excluding hydrogens is 374 g/mol. The van der Waals surface area contributed by atoms with Crippen LogP contribution in [0, 0.1) is 24.0 Å². The van der Waals surface area contributed by atoms with Crippen molar-refractivity contribution in [3.05, 3.63) is 74.4 Å². The van der Waals surface area contributed by atoms with Crippen LogP contribution in [0.15, 0.2) is 42.6 Å². The van der Waals surface area contributed by atoms with Crippen molar-refractivity contribution in [3.63, 3.8) is 0 Å². The van der Waals surface area contributed by atoms with Gasteiger partial charge in [-0.2, -0.15) is 0 Å². The molecule has 0 bridgehead atoms. The summed E-state index contributed by atoms with van der Waals surface area (Å²) in [6, 6.07) is 9.84.